The highest BCUT2D eigenvalue weighted by Gasteiger charge is 2.27. The fraction of sp³-hybridized carbons (Fsp3) is 0.750. The van der Waals surface area contributed by atoms with Gasteiger partial charge < -0.3 is 5.32 Å². The van der Waals surface area contributed by atoms with Crippen molar-refractivity contribution < 1.29 is 0 Å². The predicted molar refractivity (Wildman–Crippen MR) is 79.3 cm³/mol. The third kappa shape index (κ3) is 2.97. The molecule has 18 heavy (non-hydrogen) atoms. The third-order valence-corrected chi connectivity index (χ3v) is 5.62. The molecule has 0 radical (unpaired) electrons. The van der Waals surface area contributed by atoms with Crippen LogP contribution in [0.15, 0.2) is 6.07 Å². The molecule has 1 N–H and O–H groups in total. The average molecular weight is 263 g/mol. The van der Waals surface area contributed by atoms with Gasteiger partial charge in [0.2, 0.25) is 0 Å². The van der Waals surface area contributed by atoms with E-state index < -0.39 is 0 Å². The van der Waals surface area contributed by atoms with Gasteiger partial charge >= 0.3 is 0 Å². The summed E-state index contributed by atoms with van der Waals surface area (Å²) in [5.41, 5.74) is 1.67. The minimum absolute atomic E-state index is 0.646. The lowest BCUT2D eigenvalue weighted by atomic mass is 9.98. The zero-order chi connectivity index (χ0) is 12.4. The minimum atomic E-state index is 0.646. The molecule has 3 rings (SSSR count). The maximum atomic E-state index is 3.78. The van der Waals surface area contributed by atoms with Crippen LogP contribution in [0.2, 0.25) is 0 Å². The Labute approximate surface area is 115 Å². The third-order valence-electron chi connectivity index (χ3n) is 4.27. The normalized spacial score (nSPS) is 20.7. The number of hydrogen-bond acceptors (Lipinski definition) is 2. The monoisotopic (exact) mass is 263 g/mol. The van der Waals surface area contributed by atoms with Crippen LogP contribution in [0, 0.1) is 5.92 Å². The molecule has 1 atom stereocenters. The van der Waals surface area contributed by atoms with Gasteiger partial charge in [0.05, 0.1) is 0 Å². The Morgan fingerprint density at radius 3 is 2.89 bits per heavy atom. The molecule has 2 aliphatic rings. The molecule has 1 nitrogen and oxygen atoms in total. The Hall–Kier alpha value is -0.340. The van der Waals surface area contributed by atoms with Gasteiger partial charge in [-0.05, 0) is 62.6 Å². The van der Waals surface area contributed by atoms with Gasteiger partial charge in [-0.1, -0.05) is 19.8 Å². The lowest BCUT2D eigenvalue weighted by Crippen LogP contribution is -2.21. The van der Waals surface area contributed by atoms with Crippen LogP contribution in [0.4, 0.5) is 0 Å². The van der Waals surface area contributed by atoms with Gasteiger partial charge in [0.25, 0.3) is 0 Å². The van der Waals surface area contributed by atoms with Crippen molar-refractivity contribution >= 4 is 11.3 Å². The Morgan fingerprint density at radius 2 is 2.17 bits per heavy atom. The molecule has 2 aliphatic carbocycles. The van der Waals surface area contributed by atoms with E-state index in [0.717, 1.165) is 5.92 Å². The van der Waals surface area contributed by atoms with Crippen molar-refractivity contribution in [1.82, 2.24) is 5.32 Å². The Kier molecular flexibility index (Phi) is 4.05. The summed E-state index contributed by atoms with van der Waals surface area (Å²) in [5.74, 6) is 1.01. The summed E-state index contributed by atoms with van der Waals surface area (Å²) in [6, 6.07) is 3.17. The molecular weight excluding hydrogens is 238 g/mol. The van der Waals surface area contributed by atoms with Crippen molar-refractivity contribution in [2.45, 2.75) is 64.3 Å². The van der Waals surface area contributed by atoms with Crippen molar-refractivity contribution in [3.63, 3.8) is 0 Å². The molecule has 2 heteroatoms. The van der Waals surface area contributed by atoms with E-state index in [0.29, 0.717) is 6.04 Å². The van der Waals surface area contributed by atoms with Crippen LogP contribution in [0.5, 0.6) is 0 Å². The molecule has 0 amide bonds. The summed E-state index contributed by atoms with van der Waals surface area (Å²) in [7, 11) is 0. The molecule has 0 saturated heterocycles. The maximum absolute atomic E-state index is 3.78. The van der Waals surface area contributed by atoms with Crippen LogP contribution in [0.25, 0.3) is 0 Å². The molecule has 1 aromatic rings. The first-order chi connectivity index (χ1) is 8.86. The summed E-state index contributed by atoms with van der Waals surface area (Å²) in [5, 5.41) is 3.78. The highest BCUT2D eigenvalue weighted by atomic mass is 32.1. The van der Waals surface area contributed by atoms with Crippen LogP contribution < -0.4 is 5.32 Å². The van der Waals surface area contributed by atoms with Crippen LogP contribution in [0.3, 0.4) is 0 Å². The molecule has 0 aromatic carbocycles. The molecule has 0 bridgehead atoms. The van der Waals surface area contributed by atoms with Crippen molar-refractivity contribution in [1.29, 1.82) is 0 Å². The van der Waals surface area contributed by atoms with Crippen LogP contribution in [0.1, 0.15) is 66.8 Å². The van der Waals surface area contributed by atoms with Crippen molar-refractivity contribution in [3.8, 4) is 0 Å². The average Bonchev–Trinajstić information content (AvgIpc) is 3.10. The smallest absolute Gasteiger partial charge is 0.0417 e. The van der Waals surface area contributed by atoms with Crippen molar-refractivity contribution in [3.05, 3.63) is 21.4 Å². The molecule has 1 heterocycles. The molecule has 1 saturated carbocycles. The lowest BCUT2D eigenvalue weighted by molar-refractivity contribution is 0.480. The van der Waals surface area contributed by atoms with E-state index in [1.54, 1.807) is 15.3 Å². The summed E-state index contributed by atoms with van der Waals surface area (Å²) >= 11 is 2.10. The van der Waals surface area contributed by atoms with E-state index >= 15 is 0 Å². The van der Waals surface area contributed by atoms with Gasteiger partial charge in [0, 0.05) is 15.8 Å². The first-order valence-corrected chi connectivity index (χ1v) is 8.53. The van der Waals surface area contributed by atoms with E-state index in [-0.39, 0.29) is 0 Å². The first-order valence-electron chi connectivity index (χ1n) is 7.71. The highest BCUT2D eigenvalue weighted by molar-refractivity contribution is 7.12. The van der Waals surface area contributed by atoms with Gasteiger partial charge in [-0.15, -0.1) is 11.3 Å². The highest BCUT2D eigenvalue weighted by Crippen LogP contribution is 2.41. The van der Waals surface area contributed by atoms with Gasteiger partial charge in [0.15, 0.2) is 0 Å². The second-order valence-corrected chi connectivity index (χ2v) is 7.16. The number of aryl methyl sites for hydroxylation is 2. The molecular formula is C16H25NS. The summed E-state index contributed by atoms with van der Waals surface area (Å²) < 4.78 is 0. The van der Waals surface area contributed by atoms with Crippen LogP contribution >= 0.6 is 11.3 Å². The first kappa shape index (κ1) is 12.7. The summed E-state index contributed by atoms with van der Waals surface area (Å²) in [6.45, 7) is 3.43. The standard InChI is InChI=1S/C16H25NS/c1-2-9-17-14(10-12-7-8-12)16-11-13-5-3-4-6-15(13)18-16/h11-12,14,17H,2-10H2,1H3. The van der Waals surface area contributed by atoms with Gasteiger partial charge in [-0.3, -0.25) is 0 Å². The van der Waals surface area contributed by atoms with Gasteiger partial charge in [-0.2, -0.15) is 0 Å². The number of fused-ring (bicyclic) bond motifs is 1. The second kappa shape index (κ2) is 5.75. The maximum Gasteiger partial charge on any atom is 0.0417 e. The molecule has 0 spiro atoms. The minimum Gasteiger partial charge on any atom is -0.309 e. The van der Waals surface area contributed by atoms with E-state index in [9.17, 15) is 0 Å². The lowest BCUT2D eigenvalue weighted by Gasteiger charge is -2.16. The quantitative estimate of drug-likeness (QED) is 0.798. The fourth-order valence-electron chi connectivity index (χ4n) is 2.99. The predicted octanol–water partition coefficient (Wildman–Crippen LogP) is 4.47. The SMILES string of the molecule is CCCNC(CC1CC1)c1cc2c(s1)CCCC2. The van der Waals surface area contributed by atoms with Crippen molar-refractivity contribution in [2.75, 3.05) is 6.54 Å². The topological polar surface area (TPSA) is 12.0 Å². The number of rotatable bonds is 6. The van der Waals surface area contributed by atoms with Crippen LogP contribution in [-0.4, -0.2) is 6.54 Å². The van der Waals surface area contributed by atoms with Gasteiger partial charge in [0.1, 0.15) is 0 Å². The van der Waals surface area contributed by atoms with E-state index in [1.165, 1.54) is 57.9 Å². The zero-order valence-electron chi connectivity index (χ0n) is 11.5. The van der Waals surface area contributed by atoms with E-state index in [2.05, 4.69) is 29.6 Å². The van der Waals surface area contributed by atoms with Crippen LogP contribution in [-0.2, 0) is 12.8 Å². The van der Waals surface area contributed by atoms with E-state index in [4.69, 9.17) is 0 Å². The Bertz CT molecular complexity index is 368. The number of nitrogens with one attached hydrogen (secondary N) is 1. The van der Waals surface area contributed by atoms with E-state index in [1.807, 2.05) is 0 Å². The molecule has 1 unspecified atom stereocenters. The van der Waals surface area contributed by atoms with Crippen molar-refractivity contribution in [2.24, 2.45) is 5.92 Å². The summed E-state index contributed by atoms with van der Waals surface area (Å²) in [6.07, 6.45) is 11.0. The molecule has 0 aliphatic heterocycles. The Balaban J connectivity index is 1.72. The number of hydrogen-bond donors (Lipinski definition) is 1. The van der Waals surface area contributed by atoms with Gasteiger partial charge in [-0.25, -0.2) is 0 Å². The molecule has 1 aromatic heterocycles. The fourth-order valence-corrected chi connectivity index (χ4v) is 4.34. The zero-order valence-corrected chi connectivity index (χ0v) is 12.3. The molecule has 1 fully saturated rings. The molecule has 100 valence electrons. The Morgan fingerprint density at radius 1 is 1.33 bits per heavy atom. The second-order valence-electron chi connectivity index (χ2n) is 5.99. The summed E-state index contributed by atoms with van der Waals surface area (Å²) in [4.78, 5) is 3.32. The largest absolute Gasteiger partial charge is 0.309 e. The number of thiophene rings is 1.